The highest BCUT2D eigenvalue weighted by Gasteiger charge is 2.04. The lowest BCUT2D eigenvalue weighted by Crippen LogP contribution is -1.77. The smallest absolute Gasteiger partial charge is 0.189 e. The Morgan fingerprint density at radius 2 is 2.57 bits per heavy atom. The minimum absolute atomic E-state index is 0.346. The molecule has 0 aromatic heterocycles. The summed E-state index contributed by atoms with van der Waals surface area (Å²) < 4.78 is 9.58. The summed E-state index contributed by atoms with van der Waals surface area (Å²) in [7, 11) is 0. The lowest BCUT2D eigenvalue weighted by atomic mass is 10.6. The molecular weight excluding hydrogens is 115 g/mol. The van der Waals surface area contributed by atoms with E-state index in [9.17, 15) is 0 Å². The molecule has 0 radical (unpaired) electrons. The van der Waals surface area contributed by atoms with Crippen molar-refractivity contribution in [3.8, 4) is 0 Å². The SMILES string of the molecule is ClC=C1COCO1. The molecule has 0 saturated carbocycles. The Hall–Kier alpha value is -0.210. The molecule has 1 aliphatic heterocycles. The molecule has 0 amide bonds. The van der Waals surface area contributed by atoms with Gasteiger partial charge >= 0.3 is 0 Å². The van der Waals surface area contributed by atoms with Crippen molar-refractivity contribution in [3.63, 3.8) is 0 Å². The van der Waals surface area contributed by atoms with Crippen molar-refractivity contribution in [3.05, 3.63) is 11.3 Å². The van der Waals surface area contributed by atoms with Crippen LogP contribution in [-0.4, -0.2) is 13.4 Å². The third-order valence-corrected chi connectivity index (χ3v) is 0.937. The molecule has 1 heterocycles. The highest BCUT2D eigenvalue weighted by molar-refractivity contribution is 6.25. The van der Waals surface area contributed by atoms with Crippen LogP contribution in [0.2, 0.25) is 0 Å². The summed E-state index contributed by atoms with van der Waals surface area (Å²) in [4.78, 5) is 0. The maximum Gasteiger partial charge on any atom is 0.189 e. The van der Waals surface area contributed by atoms with E-state index < -0.39 is 0 Å². The minimum Gasteiger partial charge on any atom is -0.468 e. The Kier molecular flexibility index (Phi) is 1.54. The molecule has 40 valence electrons. The van der Waals surface area contributed by atoms with Gasteiger partial charge in [-0.2, -0.15) is 0 Å². The summed E-state index contributed by atoms with van der Waals surface area (Å²) in [5.41, 5.74) is 1.38. The molecule has 0 aromatic rings. The van der Waals surface area contributed by atoms with Gasteiger partial charge in [0.2, 0.25) is 0 Å². The fourth-order valence-electron chi connectivity index (χ4n) is 0.364. The van der Waals surface area contributed by atoms with Gasteiger partial charge in [-0.05, 0) is 0 Å². The fraction of sp³-hybridized carbons (Fsp3) is 0.500. The molecule has 1 saturated heterocycles. The molecule has 1 fully saturated rings. The Labute approximate surface area is 46.7 Å². The van der Waals surface area contributed by atoms with Crippen molar-refractivity contribution in [2.75, 3.05) is 13.4 Å². The molecular formula is C4H5ClO2. The van der Waals surface area contributed by atoms with Gasteiger partial charge in [0.15, 0.2) is 6.79 Å². The normalized spacial score (nSPS) is 25.6. The van der Waals surface area contributed by atoms with E-state index in [1.54, 1.807) is 0 Å². The molecule has 2 nitrogen and oxygen atoms in total. The van der Waals surface area contributed by atoms with E-state index in [2.05, 4.69) is 0 Å². The number of hydrogen-bond donors (Lipinski definition) is 0. The first-order valence-corrected chi connectivity index (χ1v) is 2.37. The Balaban J connectivity index is 2.41. The summed E-state index contributed by atoms with van der Waals surface area (Å²) in [6.07, 6.45) is 0. The standard InChI is InChI=1S/C4H5ClO2/c5-1-4-2-6-3-7-4/h1H,2-3H2. The zero-order valence-electron chi connectivity index (χ0n) is 3.69. The summed E-state index contributed by atoms with van der Waals surface area (Å²) >= 11 is 5.24. The second-order valence-electron chi connectivity index (χ2n) is 1.19. The zero-order valence-corrected chi connectivity index (χ0v) is 4.44. The second-order valence-corrected chi connectivity index (χ2v) is 1.40. The van der Waals surface area contributed by atoms with Crippen LogP contribution in [0, 0.1) is 0 Å². The zero-order chi connectivity index (χ0) is 5.11. The maximum absolute atomic E-state index is 5.24. The van der Waals surface area contributed by atoms with Crippen LogP contribution in [0.3, 0.4) is 0 Å². The average molecular weight is 121 g/mol. The van der Waals surface area contributed by atoms with Gasteiger partial charge in [0.05, 0.1) is 0 Å². The molecule has 0 unspecified atom stereocenters. The van der Waals surface area contributed by atoms with Crippen LogP contribution in [0.15, 0.2) is 11.3 Å². The van der Waals surface area contributed by atoms with Crippen LogP contribution in [-0.2, 0) is 9.47 Å². The van der Waals surface area contributed by atoms with Gasteiger partial charge in [-0.25, -0.2) is 0 Å². The molecule has 1 rings (SSSR count). The molecule has 0 spiro atoms. The number of ether oxygens (including phenoxy) is 2. The maximum atomic E-state index is 5.24. The summed E-state index contributed by atoms with van der Waals surface area (Å²) in [6, 6.07) is 0. The first-order valence-electron chi connectivity index (χ1n) is 1.93. The molecule has 3 heteroatoms. The van der Waals surface area contributed by atoms with Crippen LogP contribution in [0.4, 0.5) is 0 Å². The first kappa shape index (κ1) is 4.94. The van der Waals surface area contributed by atoms with E-state index in [-0.39, 0.29) is 0 Å². The molecule has 0 aromatic carbocycles. The third-order valence-electron chi connectivity index (χ3n) is 0.694. The molecule has 7 heavy (non-hydrogen) atoms. The quantitative estimate of drug-likeness (QED) is 0.476. The molecule has 0 N–H and O–H groups in total. The highest BCUT2D eigenvalue weighted by atomic mass is 35.5. The molecule has 0 aliphatic carbocycles. The lowest BCUT2D eigenvalue weighted by molar-refractivity contribution is 0.0801. The van der Waals surface area contributed by atoms with Gasteiger partial charge in [0, 0.05) is 5.54 Å². The third kappa shape index (κ3) is 1.08. The molecule has 0 atom stereocenters. The van der Waals surface area contributed by atoms with Crippen LogP contribution < -0.4 is 0 Å². The van der Waals surface area contributed by atoms with Gasteiger partial charge in [-0.1, -0.05) is 11.6 Å². The largest absolute Gasteiger partial charge is 0.468 e. The van der Waals surface area contributed by atoms with Crippen molar-refractivity contribution in [1.29, 1.82) is 0 Å². The van der Waals surface area contributed by atoms with Crippen molar-refractivity contribution in [1.82, 2.24) is 0 Å². The van der Waals surface area contributed by atoms with Crippen molar-refractivity contribution in [2.45, 2.75) is 0 Å². The van der Waals surface area contributed by atoms with Crippen molar-refractivity contribution < 1.29 is 9.47 Å². The number of hydrogen-bond acceptors (Lipinski definition) is 2. The van der Waals surface area contributed by atoms with Gasteiger partial charge in [-0.3, -0.25) is 0 Å². The summed E-state index contributed by atoms with van der Waals surface area (Å²) in [6.45, 7) is 0.863. The van der Waals surface area contributed by atoms with Crippen molar-refractivity contribution in [2.24, 2.45) is 0 Å². The van der Waals surface area contributed by atoms with Crippen molar-refractivity contribution >= 4 is 11.6 Å². The second kappa shape index (κ2) is 2.19. The van der Waals surface area contributed by atoms with E-state index >= 15 is 0 Å². The average Bonchev–Trinajstić information content (AvgIpc) is 2.14. The lowest BCUT2D eigenvalue weighted by Gasteiger charge is -1.86. The highest BCUT2D eigenvalue weighted by Crippen LogP contribution is 2.06. The monoisotopic (exact) mass is 120 g/mol. The van der Waals surface area contributed by atoms with Gasteiger partial charge in [-0.15, -0.1) is 0 Å². The van der Waals surface area contributed by atoms with E-state index in [0.29, 0.717) is 19.2 Å². The van der Waals surface area contributed by atoms with Crippen LogP contribution in [0.1, 0.15) is 0 Å². The van der Waals surface area contributed by atoms with E-state index in [1.807, 2.05) is 0 Å². The Morgan fingerprint density at radius 1 is 1.71 bits per heavy atom. The number of rotatable bonds is 0. The van der Waals surface area contributed by atoms with Gasteiger partial charge in [0.25, 0.3) is 0 Å². The number of halogens is 1. The van der Waals surface area contributed by atoms with Gasteiger partial charge < -0.3 is 9.47 Å². The van der Waals surface area contributed by atoms with Crippen LogP contribution >= 0.6 is 11.6 Å². The minimum atomic E-state index is 0.346. The predicted octanol–water partition coefficient (Wildman–Crippen LogP) is 1.07. The van der Waals surface area contributed by atoms with E-state index in [4.69, 9.17) is 21.1 Å². The first-order chi connectivity index (χ1) is 3.43. The van der Waals surface area contributed by atoms with E-state index in [0.717, 1.165) is 0 Å². The Morgan fingerprint density at radius 3 is 2.86 bits per heavy atom. The van der Waals surface area contributed by atoms with Crippen LogP contribution in [0.5, 0.6) is 0 Å². The van der Waals surface area contributed by atoms with E-state index in [1.165, 1.54) is 5.54 Å². The predicted molar refractivity (Wildman–Crippen MR) is 25.8 cm³/mol. The summed E-state index contributed by atoms with van der Waals surface area (Å²) in [5.74, 6) is 0.710. The summed E-state index contributed by atoms with van der Waals surface area (Å²) in [5, 5.41) is 0. The van der Waals surface area contributed by atoms with Crippen LogP contribution in [0.25, 0.3) is 0 Å². The molecule has 0 bridgehead atoms. The molecule has 1 aliphatic rings. The fourth-order valence-corrected chi connectivity index (χ4v) is 0.490. The topological polar surface area (TPSA) is 18.5 Å². The Bertz CT molecular complexity index is 81.7. The van der Waals surface area contributed by atoms with Gasteiger partial charge in [0.1, 0.15) is 12.4 Å².